The Bertz CT molecular complexity index is 445. The molecular weight excluding hydrogens is 248 g/mol. The zero-order chi connectivity index (χ0) is 14.7. The van der Waals surface area contributed by atoms with Crippen molar-refractivity contribution < 1.29 is 4.74 Å². The van der Waals surface area contributed by atoms with Crippen molar-refractivity contribution in [2.75, 3.05) is 26.7 Å². The van der Waals surface area contributed by atoms with Crippen LogP contribution in [0.25, 0.3) is 0 Å². The summed E-state index contributed by atoms with van der Waals surface area (Å²) in [4.78, 5) is 2.43. The van der Waals surface area contributed by atoms with Crippen LogP contribution in [0.5, 0.6) is 0 Å². The number of morpholine rings is 1. The van der Waals surface area contributed by atoms with Gasteiger partial charge in [0.2, 0.25) is 0 Å². The standard InChI is InChI=1S/C17H28N2O/c1-12(2)18-11-16-17(19(5)8-9-20-16)15-10-13(3)6-7-14(15)4/h6-7,10,12,16-18H,8-9,11H2,1-5H3. The van der Waals surface area contributed by atoms with Gasteiger partial charge in [0.25, 0.3) is 0 Å². The number of hydrogen-bond donors (Lipinski definition) is 1. The maximum atomic E-state index is 6.06. The summed E-state index contributed by atoms with van der Waals surface area (Å²) in [7, 11) is 2.21. The fraction of sp³-hybridized carbons (Fsp3) is 0.647. The Morgan fingerprint density at radius 3 is 2.80 bits per heavy atom. The molecule has 1 aromatic rings. The predicted octanol–water partition coefficient (Wildman–Crippen LogP) is 2.67. The van der Waals surface area contributed by atoms with Crippen molar-refractivity contribution in [1.82, 2.24) is 10.2 Å². The van der Waals surface area contributed by atoms with Crippen LogP contribution in [0.4, 0.5) is 0 Å². The third kappa shape index (κ3) is 3.60. The average molecular weight is 276 g/mol. The van der Waals surface area contributed by atoms with E-state index in [1.165, 1.54) is 16.7 Å². The quantitative estimate of drug-likeness (QED) is 0.915. The summed E-state index contributed by atoms with van der Waals surface area (Å²) in [5.41, 5.74) is 4.08. The molecule has 0 amide bonds. The SMILES string of the molecule is Cc1ccc(C)c(C2C(CNC(C)C)OCCN2C)c1. The lowest BCUT2D eigenvalue weighted by molar-refractivity contribution is -0.0622. The second kappa shape index (κ2) is 6.70. The molecule has 112 valence electrons. The van der Waals surface area contributed by atoms with Gasteiger partial charge in [0.1, 0.15) is 0 Å². The molecule has 0 saturated carbocycles. The molecular formula is C17H28N2O. The molecule has 0 aromatic heterocycles. The molecule has 2 rings (SSSR count). The van der Waals surface area contributed by atoms with Gasteiger partial charge in [0.15, 0.2) is 0 Å². The molecule has 3 nitrogen and oxygen atoms in total. The van der Waals surface area contributed by atoms with Gasteiger partial charge in [-0.25, -0.2) is 0 Å². The van der Waals surface area contributed by atoms with Crippen molar-refractivity contribution in [3.05, 3.63) is 34.9 Å². The molecule has 1 N–H and O–H groups in total. The Morgan fingerprint density at radius 2 is 2.10 bits per heavy atom. The summed E-state index contributed by atoms with van der Waals surface area (Å²) < 4.78 is 6.06. The highest BCUT2D eigenvalue weighted by Gasteiger charge is 2.32. The van der Waals surface area contributed by atoms with Gasteiger partial charge in [-0.1, -0.05) is 37.6 Å². The van der Waals surface area contributed by atoms with Gasteiger partial charge in [-0.15, -0.1) is 0 Å². The van der Waals surface area contributed by atoms with E-state index in [2.05, 4.69) is 63.2 Å². The summed E-state index contributed by atoms with van der Waals surface area (Å²) in [6, 6.07) is 7.55. The summed E-state index contributed by atoms with van der Waals surface area (Å²) >= 11 is 0. The molecule has 0 radical (unpaired) electrons. The average Bonchev–Trinajstić information content (AvgIpc) is 2.39. The van der Waals surface area contributed by atoms with Crippen LogP contribution < -0.4 is 5.32 Å². The molecule has 1 aromatic carbocycles. The first kappa shape index (κ1) is 15.5. The van der Waals surface area contributed by atoms with Crippen LogP contribution in [0.15, 0.2) is 18.2 Å². The fourth-order valence-electron chi connectivity index (χ4n) is 2.90. The minimum absolute atomic E-state index is 0.219. The van der Waals surface area contributed by atoms with Crippen LogP contribution in [0, 0.1) is 13.8 Å². The molecule has 0 spiro atoms. The number of aryl methyl sites for hydroxylation is 2. The molecule has 1 saturated heterocycles. The number of benzene rings is 1. The van der Waals surface area contributed by atoms with Gasteiger partial charge >= 0.3 is 0 Å². The van der Waals surface area contributed by atoms with Crippen molar-refractivity contribution in [3.63, 3.8) is 0 Å². The summed E-state index contributed by atoms with van der Waals surface area (Å²) in [6.45, 7) is 11.4. The van der Waals surface area contributed by atoms with E-state index in [1.54, 1.807) is 0 Å². The Labute approximate surface area is 123 Å². The van der Waals surface area contributed by atoms with Gasteiger partial charge in [-0.2, -0.15) is 0 Å². The maximum Gasteiger partial charge on any atom is 0.0896 e. The molecule has 1 fully saturated rings. The third-order valence-electron chi connectivity index (χ3n) is 4.08. The van der Waals surface area contributed by atoms with E-state index >= 15 is 0 Å². The van der Waals surface area contributed by atoms with E-state index in [1.807, 2.05) is 0 Å². The normalized spacial score (nSPS) is 24.3. The van der Waals surface area contributed by atoms with E-state index in [4.69, 9.17) is 4.74 Å². The Hall–Kier alpha value is -0.900. The summed E-state index contributed by atoms with van der Waals surface area (Å²) in [5, 5.41) is 3.52. The zero-order valence-electron chi connectivity index (χ0n) is 13.4. The topological polar surface area (TPSA) is 24.5 Å². The minimum Gasteiger partial charge on any atom is -0.374 e. The van der Waals surface area contributed by atoms with Crippen LogP contribution >= 0.6 is 0 Å². The fourth-order valence-corrected chi connectivity index (χ4v) is 2.90. The molecule has 0 aliphatic carbocycles. The zero-order valence-corrected chi connectivity index (χ0v) is 13.4. The van der Waals surface area contributed by atoms with Gasteiger partial charge in [-0.05, 0) is 32.0 Å². The van der Waals surface area contributed by atoms with Gasteiger partial charge < -0.3 is 10.1 Å². The predicted molar refractivity (Wildman–Crippen MR) is 84.2 cm³/mol. The Morgan fingerprint density at radius 1 is 1.35 bits per heavy atom. The Balaban J connectivity index is 2.24. The highest BCUT2D eigenvalue weighted by molar-refractivity contribution is 5.34. The smallest absolute Gasteiger partial charge is 0.0896 e. The lowest BCUT2D eigenvalue weighted by Gasteiger charge is -2.40. The first-order valence-corrected chi connectivity index (χ1v) is 7.61. The van der Waals surface area contributed by atoms with E-state index in [0.717, 1.165) is 19.7 Å². The van der Waals surface area contributed by atoms with Crippen molar-refractivity contribution in [3.8, 4) is 0 Å². The van der Waals surface area contributed by atoms with Crippen LogP contribution in [-0.2, 0) is 4.74 Å². The summed E-state index contributed by atoms with van der Waals surface area (Å²) in [6.07, 6.45) is 0.219. The maximum absolute atomic E-state index is 6.06. The van der Waals surface area contributed by atoms with Crippen molar-refractivity contribution >= 4 is 0 Å². The largest absolute Gasteiger partial charge is 0.374 e. The second-order valence-corrected chi connectivity index (χ2v) is 6.26. The van der Waals surface area contributed by atoms with Crippen molar-refractivity contribution in [2.45, 2.75) is 45.9 Å². The number of rotatable bonds is 4. The molecule has 1 heterocycles. The lowest BCUT2D eigenvalue weighted by Crippen LogP contribution is -2.48. The number of ether oxygens (including phenoxy) is 1. The number of nitrogens with zero attached hydrogens (tertiary/aromatic N) is 1. The molecule has 2 atom stereocenters. The second-order valence-electron chi connectivity index (χ2n) is 6.26. The number of hydrogen-bond acceptors (Lipinski definition) is 3. The molecule has 0 bridgehead atoms. The molecule has 3 heteroatoms. The molecule has 1 aliphatic rings. The summed E-state index contributed by atoms with van der Waals surface area (Å²) in [5.74, 6) is 0. The lowest BCUT2D eigenvalue weighted by atomic mass is 9.93. The van der Waals surface area contributed by atoms with Crippen LogP contribution in [0.2, 0.25) is 0 Å². The highest BCUT2D eigenvalue weighted by Crippen LogP contribution is 2.31. The van der Waals surface area contributed by atoms with Crippen molar-refractivity contribution in [2.24, 2.45) is 0 Å². The van der Waals surface area contributed by atoms with Gasteiger partial charge in [-0.3, -0.25) is 4.90 Å². The molecule has 1 aliphatic heterocycles. The van der Waals surface area contributed by atoms with E-state index < -0.39 is 0 Å². The van der Waals surface area contributed by atoms with Crippen LogP contribution in [0.3, 0.4) is 0 Å². The van der Waals surface area contributed by atoms with E-state index in [9.17, 15) is 0 Å². The third-order valence-corrected chi connectivity index (χ3v) is 4.08. The van der Waals surface area contributed by atoms with Gasteiger partial charge in [0, 0.05) is 19.1 Å². The highest BCUT2D eigenvalue weighted by atomic mass is 16.5. The number of likely N-dealkylation sites (N-methyl/N-ethyl adjacent to an activating group) is 1. The van der Waals surface area contributed by atoms with E-state index in [0.29, 0.717) is 12.1 Å². The Kier molecular flexibility index (Phi) is 5.19. The molecule has 20 heavy (non-hydrogen) atoms. The monoisotopic (exact) mass is 276 g/mol. The first-order chi connectivity index (χ1) is 9.49. The number of nitrogens with one attached hydrogen (secondary N) is 1. The van der Waals surface area contributed by atoms with Crippen LogP contribution in [-0.4, -0.2) is 43.8 Å². The van der Waals surface area contributed by atoms with Crippen LogP contribution in [0.1, 0.15) is 36.6 Å². The van der Waals surface area contributed by atoms with Crippen molar-refractivity contribution in [1.29, 1.82) is 0 Å². The van der Waals surface area contributed by atoms with Gasteiger partial charge in [0.05, 0.1) is 18.8 Å². The molecule has 2 unspecified atom stereocenters. The minimum atomic E-state index is 0.219. The van der Waals surface area contributed by atoms with E-state index in [-0.39, 0.29) is 6.10 Å². The first-order valence-electron chi connectivity index (χ1n) is 7.61.